The minimum Gasteiger partial charge on any atom is -0.419 e. The van der Waals surface area contributed by atoms with Crippen LogP contribution in [0.2, 0.25) is 0 Å². The second-order valence-electron chi connectivity index (χ2n) is 11.0. The van der Waals surface area contributed by atoms with Gasteiger partial charge in [-0.15, -0.1) is 10.2 Å². The third-order valence-corrected chi connectivity index (χ3v) is 9.52. The Bertz CT molecular complexity index is 1750. The molecule has 2 aromatic heterocycles. The van der Waals surface area contributed by atoms with Crippen LogP contribution in [0.25, 0.3) is 22.7 Å². The van der Waals surface area contributed by atoms with Gasteiger partial charge in [-0.3, -0.25) is 14.0 Å². The lowest BCUT2D eigenvalue weighted by atomic mass is 9.96. The summed E-state index contributed by atoms with van der Waals surface area (Å²) in [5, 5.41) is 17.6. The monoisotopic (exact) mass is 551 g/mol. The molecule has 1 amide bonds. The Balaban J connectivity index is 1.32. The first-order valence-corrected chi connectivity index (χ1v) is 15.1. The molecular weight excluding hydrogens is 522 g/mol. The molecule has 9 heteroatoms. The predicted octanol–water partition coefficient (Wildman–Crippen LogP) is 5.49. The number of nitriles is 1. The first-order chi connectivity index (χ1) is 19.1. The quantitative estimate of drug-likeness (QED) is 0.291. The number of carbonyl (C=O) groups is 1. The molecule has 1 fully saturated rings. The molecule has 3 heterocycles. The zero-order valence-corrected chi connectivity index (χ0v) is 23.3. The number of nitrogens with zero attached hydrogens (tertiary/aromatic N) is 5. The molecule has 0 radical (unpaired) electrons. The summed E-state index contributed by atoms with van der Waals surface area (Å²) < 4.78 is 19.3. The summed E-state index contributed by atoms with van der Waals surface area (Å²) in [5.74, 6) is 5.11. The minimum atomic E-state index is -2.69. The van der Waals surface area contributed by atoms with E-state index >= 15 is 0 Å². The lowest BCUT2D eigenvalue weighted by molar-refractivity contribution is -0.118. The van der Waals surface area contributed by atoms with E-state index in [4.69, 9.17) is 4.42 Å². The van der Waals surface area contributed by atoms with Gasteiger partial charge in [-0.25, -0.2) is 0 Å². The van der Waals surface area contributed by atoms with Gasteiger partial charge in [-0.2, -0.15) is 5.26 Å². The van der Waals surface area contributed by atoms with Gasteiger partial charge in [-0.05, 0) is 83.4 Å². The van der Waals surface area contributed by atoms with E-state index in [-0.39, 0.29) is 29.9 Å². The second-order valence-corrected chi connectivity index (χ2v) is 13.5. The number of hydrogen-bond donors (Lipinski definition) is 0. The fourth-order valence-corrected chi connectivity index (χ4v) is 6.41. The van der Waals surface area contributed by atoms with Gasteiger partial charge in [0.15, 0.2) is 0 Å². The van der Waals surface area contributed by atoms with Crippen molar-refractivity contribution in [3.8, 4) is 28.8 Å². The fourth-order valence-electron chi connectivity index (χ4n) is 4.82. The predicted molar refractivity (Wildman–Crippen MR) is 154 cm³/mol. The van der Waals surface area contributed by atoms with Crippen LogP contribution in [0, 0.1) is 11.3 Å². The van der Waals surface area contributed by atoms with Crippen LogP contribution >= 0.6 is 0 Å². The van der Waals surface area contributed by atoms with Gasteiger partial charge < -0.3 is 9.32 Å². The van der Waals surface area contributed by atoms with Crippen LogP contribution in [0.15, 0.2) is 70.1 Å². The molecule has 1 atom stereocenters. The SMILES string of the molecule is C=S1(=O)CCC(=O)N(Cc2ccc(-c3ccc(C4CC4)cn3)cc2)c2cc(-c3nnc(C(C)(C)C#N)o3)ccc21. The van der Waals surface area contributed by atoms with Crippen molar-refractivity contribution in [1.29, 1.82) is 5.26 Å². The number of fused-ring (bicyclic) bond motifs is 1. The second kappa shape index (κ2) is 9.72. The van der Waals surface area contributed by atoms with Gasteiger partial charge in [-0.1, -0.05) is 30.3 Å². The zero-order valence-electron chi connectivity index (χ0n) is 22.5. The molecule has 0 spiro atoms. The normalized spacial score (nSPS) is 19.1. The van der Waals surface area contributed by atoms with Gasteiger partial charge in [0.2, 0.25) is 17.7 Å². The Kier molecular flexibility index (Phi) is 6.31. The third-order valence-electron chi connectivity index (χ3n) is 7.51. The highest BCUT2D eigenvalue weighted by molar-refractivity contribution is 8.00. The lowest BCUT2D eigenvalue weighted by Crippen LogP contribution is -2.29. The largest absolute Gasteiger partial charge is 0.419 e. The van der Waals surface area contributed by atoms with Crippen LogP contribution in [0.5, 0.6) is 0 Å². The molecule has 4 aromatic rings. The summed E-state index contributed by atoms with van der Waals surface area (Å²) in [6, 6.07) is 19.6. The summed E-state index contributed by atoms with van der Waals surface area (Å²) in [6.07, 6.45) is 4.58. The van der Waals surface area contributed by atoms with Gasteiger partial charge in [0, 0.05) is 29.5 Å². The van der Waals surface area contributed by atoms with E-state index in [0.29, 0.717) is 28.6 Å². The van der Waals surface area contributed by atoms with Gasteiger partial charge in [0.1, 0.15) is 5.41 Å². The van der Waals surface area contributed by atoms with Crippen LogP contribution in [0.4, 0.5) is 5.69 Å². The molecule has 0 saturated heterocycles. The maximum Gasteiger partial charge on any atom is 0.247 e. The number of aromatic nitrogens is 3. The molecule has 2 aliphatic rings. The van der Waals surface area contributed by atoms with E-state index in [1.165, 1.54) is 18.4 Å². The molecule has 1 unspecified atom stereocenters. The van der Waals surface area contributed by atoms with Crippen molar-refractivity contribution in [2.75, 3.05) is 10.7 Å². The van der Waals surface area contributed by atoms with Gasteiger partial charge in [0.25, 0.3) is 0 Å². The Labute approximate surface area is 233 Å². The molecule has 0 bridgehead atoms. The first-order valence-electron chi connectivity index (χ1n) is 13.2. The first kappa shape index (κ1) is 26.0. The van der Waals surface area contributed by atoms with E-state index in [1.54, 1.807) is 36.9 Å². The highest BCUT2D eigenvalue weighted by Gasteiger charge is 2.30. The molecule has 2 aromatic carbocycles. The standard InChI is InChI=1S/C31H29N5O3S/c1-31(2,19-32)30-35-34-29(39-30)23-11-13-27-26(16-23)36(28(37)14-15-40(27,3)38)18-20-4-6-22(7-5-20)25-12-10-24(17-33-25)21-8-9-21/h4-7,10-13,16-17,21H,3,8-9,14-15,18H2,1-2H3. The van der Waals surface area contributed by atoms with Crippen LogP contribution in [0.3, 0.4) is 0 Å². The average Bonchev–Trinajstić information content (AvgIpc) is 3.70. The van der Waals surface area contributed by atoms with E-state index in [0.717, 1.165) is 16.8 Å². The number of benzene rings is 2. The summed E-state index contributed by atoms with van der Waals surface area (Å²) in [7, 11) is -2.69. The smallest absolute Gasteiger partial charge is 0.247 e. The maximum atomic E-state index is 13.5. The highest BCUT2D eigenvalue weighted by Crippen LogP contribution is 2.40. The summed E-state index contributed by atoms with van der Waals surface area (Å²) in [5.41, 5.74) is 4.28. The number of rotatable bonds is 6. The average molecular weight is 552 g/mol. The van der Waals surface area contributed by atoms with Crippen molar-refractivity contribution >= 4 is 27.0 Å². The molecule has 1 saturated carbocycles. The van der Waals surface area contributed by atoms with E-state index < -0.39 is 14.9 Å². The molecule has 0 N–H and O–H groups in total. The molecule has 1 aliphatic carbocycles. The van der Waals surface area contributed by atoms with E-state index in [2.05, 4.69) is 39.3 Å². The summed E-state index contributed by atoms with van der Waals surface area (Å²) in [6.45, 7) is 3.70. The molecule has 6 rings (SSSR count). The van der Waals surface area contributed by atoms with Crippen molar-refractivity contribution < 1.29 is 13.4 Å². The molecule has 40 heavy (non-hydrogen) atoms. The number of anilines is 1. The maximum absolute atomic E-state index is 13.5. The van der Waals surface area contributed by atoms with E-state index in [9.17, 15) is 14.3 Å². The van der Waals surface area contributed by atoms with Crippen molar-refractivity contribution in [1.82, 2.24) is 15.2 Å². The molecule has 8 nitrogen and oxygen atoms in total. The van der Waals surface area contributed by atoms with Crippen molar-refractivity contribution in [3.63, 3.8) is 0 Å². The molecule has 1 aliphatic heterocycles. The third kappa shape index (κ3) is 4.91. The van der Waals surface area contributed by atoms with Crippen LogP contribution in [-0.4, -0.2) is 36.9 Å². The molecular formula is C31H29N5O3S. The molecule has 202 valence electrons. The zero-order chi connectivity index (χ0) is 28.1. The number of amides is 1. The Morgan fingerprint density at radius 3 is 2.52 bits per heavy atom. The Morgan fingerprint density at radius 2 is 1.85 bits per heavy atom. The van der Waals surface area contributed by atoms with Crippen LogP contribution in [0.1, 0.15) is 56.0 Å². The number of pyridine rings is 1. The summed E-state index contributed by atoms with van der Waals surface area (Å²) >= 11 is 0. The lowest BCUT2D eigenvalue weighted by Gasteiger charge is -2.24. The van der Waals surface area contributed by atoms with Crippen molar-refractivity contribution in [3.05, 3.63) is 77.8 Å². The number of hydrogen-bond acceptors (Lipinski definition) is 7. The summed E-state index contributed by atoms with van der Waals surface area (Å²) in [4.78, 5) is 20.2. The minimum absolute atomic E-state index is 0.128. The Morgan fingerprint density at radius 1 is 1.10 bits per heavy atom. The van der Waals surface area contributed by atoms with Gasteiger partial charge in [0.05, 0.1) is 28.9 Å². The highest BCUT2D eigenvalue weighted by atomic mass is 32.2. The van der Waals surface area contributed by atoms with Crippen molar-refractivity contribution in [2.24, 2.45) is 0 Å². The van der Waals surface area contributed by atoms with E-state index in [1.807, 2.05) is 30.5 Å². The van der Waals surface area contributed by atoms with Gasteiger partial charge >= 0.3 is 0 Å². The Hall–Kier alpha value is -4.29. The van der Waals surface area contributed by atoms with Crippen molar-refractivity contribution in [2.45, 2.75) is 55.9 Å². The van der Waals surface area contributed by atoms with Crippen LogP contribution < -0.4 is 4.90 Å². The van der Waals surface area contributed by atoms with Crippen LogP contribution in [-0.2, 0) is 26.3 Å². The number of carbonyl (C=O) groups excluding carboxylic acids is 1. The topological polar surface area (TPSA) is 113 Å². The fraction of sp³-hybridized carbons (Fsp3) is 0.290.